The highest BCUT2D eigenvalue weighted by Crippen LogP contribution is 2.39. The zero-order valence-corrected chi connectivity index (χ0v) is 8.96. The predicted molar refractivity (Wildman–Crippen MR) is 57.7 cm³/mol. The van der Waals surface area contributed by atoms with E-state index in [4.69, 9.17) is 10.5 Å². The minimum absolute atomic E-state index is 0. The molecule has 1 aromatic heterocycles. The Morgan fingerprint density at radius 3 is 2.86 bits per heavy atom. The van der Waals surface area contributed by atoms with Crippen molar-refractivity contribution in [3.8, 4) is 5.75 Å². The lowest BCUT2D eigenvalue weighted by atomic mass is 10.1. The van der Waals surface area contributed by atoms with Crippen molar-refractivity contribution in [1.82, 2.24) is 4.98 Å². The summed E-state index contributed by atoms with van der Waals surface area (Å²) in [5, 5.41) is 0. The number of aromatic nitrogens is 1. The summed E-state index contributed by atoms with van der Waals surface area (Å²) in [5.41, 5.74) is 6.95. The molecule has 4 heteroatoms. The number of ether oxygens (including phenoxy) is 1. The molecule has 1 aliphatic carbocycles. The smallest absolute Gasteiger partial charge is 0.122 e. The Balaban J connectivity index is 0.000000980. The Kier molecular flexibility index (Phi) is 3.72. The maximum absolute atomic E-state index is 6.01. The first-order chi connectivity index (χ1) is 6.31. The molecule has 1 saturated carbocycles. The summed E-state index contributed by atoms with van der Waals surface area (Å²) in [6.07, 6.45) is 4.22. The van der Waals surface area contributed by atoms with Gasteiger partial charge in [-0.1, -0.05) is 0 Å². The fourth-order valence-electron chi connectivity index (χ4n) is 1.43. The summed E-state index contributed by atoms with van der Waals surface area (Å²) in [7, 11) is 1.65. The molecule has 0 unspecified atom stereocenters. The van der Waals surface area contributed by atoms with E-state index in [0.717, 1.165) is 11.4 Å². The largest absolute Gasteiger partial charge is 0.497 e. The van der Waals surface area contributed by atoms with Crippen LogP contribution in [0.15, 0.2) is 18.3 Å². The van der Waals surface area contributed by atoms with Gasteiger partial charge in [-0.25, -0.2) is 0 Å². The minimum Gasteiger partial charge on any atom is -0.497 e. The Bertz CT molecular complexity index is 302. The first kappa shape index (κ1) is 11.3. The molecule has 1 aromatic rings. The zero-order valence-electron chi connectivity index (χ0n) is 8.14. The van der Waals surface area contributed by atoms with E-state index < -0.39 is 0 Å². The van der Waals surface area contributed by atoms with Crippen LogP contribution in [0, 0.1) is 5.92 Å². The van der Waals surface area contributed by atoms with Crippen molar-refractivity contribution in [3.05, 3.63) is 24.0 Å². The zero-order chi connectivity index (χ0) is 9.26. The van der Waals surface area contributed by atoms with Crippen LogP contribution in [0.25, 0.3) is 0 Å². The third kappa shape index (κ3) is 2.36. The van der Waals surface area contributed by atoms with Gasteiger partial charge in [-0.05, 0) is 24.8 Å². The molecule has 0 amide bonds. The molecule has 0 bridgehead atoms. The lowest BCUT2D eigenvalue weighted by Gasteiger charge is -2.10. The van der Waals surface area contributed by atoms with Crippen LogP contribution in [0.4, 0.5) is 0 Å². The van der Waals surface area contributed by atoms with Gasteiger partial charge in [0.1, 0.15) is 5.75 Å². The van der Waals surface area contributed by atoms with Gasteiger partial charge in [0.05, 0.1) is 12.8 Å². The van der Waals surface area contributed by atoms with Gasteiger partial charge in [-0.2, -0.15) is 0 Å². The monoisotopic (exact) mass is 214 g/mol. The van der Waals surface area contributed by atoms with E-state index in [1.165, 1.54) is 12.8 Å². The molecular formula is C10H15ClN2O. The van der Waals surface area contributed by atoms with Crippen LogP contribution in [-0.4, -0.2) is 12.1 Å². The molecule has 1 atom stereocenters. The standard InChI is InChI=1S/C10H14N2O.ClH/c1-13-8-4-5-12-9(6-8)10(11)7-2-3-7;/h4-7,10H,2-3,11H2,1H3;1H/t10-;/m0./s1. The maximum atomic E-state index is 6.01. The number of hydrogen-bond acceptors (Lipinski definition) is 3. The molecule has 3 nitrogen and oxygen atoms in total. The number of nitrogens with two attached hydrogens (primary N) is 1. The Morgan fingerprint density at radius 2 is 2.29 bits per heavy atom. The van der Waals surface area contributed by atoms with Gasteiger partial charge in [0, 0.05) is 18.3 Å². The van der Waals surface area contributed by atoms with E-state index in [-0.39, 0.29) is 18.4 Å². The number of pyridine rings is 1. The lowest BCUT2D eigenvalue weighted by molar-refractivity contribution is 0.412. The first-order valence-corrected chi connectivity index (χ1v) is 4.57. The first-order valence-electron chi connectivity index (χ1n) is 4.57. The molecule has 78 valence electrons. The molecule has 1 heterocycles. The van der Waals surface area contributed by atoms with Crippen LogP contribution in [0.5, 0.6) is 5.75 Å². The van der Waals surface area contributed by atoms with Crippen molar-refractivity contribution >= 4 is 12.4 Å². The highest BCUT2D eigenvalue weighted by molar-refractivity contribution is 5.85. The van der Waals surface area contributed by atoms with E-state index in [2.05, 4.69) is 4.98 Å². The average molecular weight is 215 g/mol. The van der Waals surface area contributed by atoms with E-state index in [1.807, 2.05) is 12.1 Å². The topological polar surface area (TPSA) is 48.1 Å². The second kappa shape index (κ2) is 4.62. The molecule has 1 aliphatic rings. The number of nitrogens with zero attached hydrogens (tertiary/aromatic N) is 1. The van der Waals surface area contributed by atoms with Gasteiger partial charge in [0.25, 0.3) is 0 Å². The van der Waals surface area contributed by atoms with Crippen LogP contribution < -0.4 is 10.5 Å². The Labute approximate surface area is 90.1 Å². The highest BCUT2D eigenvalue weighted by Gasteiger charge is 2.30. The van der Waals surface area contributed by atoms with Crippen molar-refractivity contribution in [3.63, 3.8) is 0 Å². The highest BCUT2D eigenvalue weighted by atomic mass is 35.5. The van der Waals surface area contributed by atoms with Crippen molar-refractivity contribution in [1.29, 1.82) is 0 Å². The molecule has 14 heavy (non-hydrogen) atoms. The van der Waals surface area contributed by atoms with E-state index >= 15 is 0 Å². The molecule has 2 rings (SSSR count). The van der Waals surface area contributed by atoms with Crippen molar-refractivity contribution in [2.24, 2.45) is 11.7 Å². The quantitative estimate of drug-likeness (QED) is 0.837. The minimum atomic E-state index is 0. The van der Waals surface area contributed by atoms with E-state index in [0.29, 0.717) is 5.92 Å². The second-order valence-corrected chi connectivity index (χ2v) is 3.48. The van der Waals surface area contributed by atoms with E-state index in [9.17, 15) is 0 Å². The third-order valence-electron chi connectivity index (χ3n) is 2.46. The normalized spacial score (nSPS) is 17.0. The van der Waals surface area contributed by atoms with E-state index in [1.54, 1.807) is 13.3 Å². The van der Waals surface area contributed by atoms with Gasteiger partial charge in [-0.3, -0.25) is 4.98 Å². The fourth-order valence-corrected chi connectivity index (χ4v) is 1.43. The van der Waals surface area contributed by atoms with Crippen LogP contribution in [0.1, 0.15) is 24.6 Å². The molecule has 0 radical (unpaired) electrons. The van der Waals surface area contributed by atoms with Gasteiger partial charge >= 0.3 is 0 Å². The van der Waals surface area contributed by atoms with Crippen LogP contribution >= 0.6 is 12.4 Å². The molecule has 1 fully saturated rings. The molecular weight excluding hydrogens is 200 g/mol. The van der Waals surface area contributed by atoms with Crippen LogP contribution in [0.3, 0.4) is 0 Å². The number of hydrogen-bond donors (Lipinski definition) is 1. The maximum Gasteiger partial charge on any atom is 0.122 e. The average Bonchev–Trinajstić information content (AvgIpc) is 3.00. The molecule has 0 aromatic carbocycles. The Hall–Kier alpha value is -0.800. The summed E-state index contributed by atoms with van der Waals surface area (Å²) >= 11 is 0. The molecule has 0 spiro atoms. The summed E-state index contributed by atoms with van der Waals surface area (Å²) in [6, 6.07) is 3.85. The van der Waals surface area contributed by atoms with Crippen LogP contribution in [0.2, 0.25) is 0 Å². The number of halogens is 1. The van der Waals surface area contributed by atoms with Crippen molar-refractivity contribution in [2.45, 2.75) is 18.9 Å². The molecule has 0 aliphatic heterocycles. The predicted octanol–water partition coefficient (Wildman–Crippen LogP) is 1.92. The summed E-state index contributed by atoms with van der Waals surface area (Å²) in [5.74, 6) is 1.47. The van der Waals surface area contributed by atoms with Crippen molar-refractivity contribution in [2.75, 3.05) is 7.11 Å². The number of rotatable bonds is 3. The summed E-state index contributed by atoms with van der Waals surface area (Å²) < 4.78 is 5.11. The molecule has 0 saturated heterocycles. The third-order valence-corrected chi connectivity index (χ3v) is 2.46. The summed E-state index contributed by atoms with van der Waals surface area (Å²) in [4.78, 5) is 4.24. The second-order valence-electron chi connectivity index (χ2n) is 3.48. The van der Waals surface area contributed by atoms with Crippen molar-refractivity contribution < 1.29 is 4.74 Å². The van der Waals surface area contributed by atoms with Gasteiger partial charge in [0.15, 0.2) is 0 Å². The van der Waals surface area contributed by atoms with Gasteiger partial charge in [-0.15, -0.1) is 12.4 Å². The Morgan fingerprint density at radius 1 is 1.57 bits per heavy atom. The van der Waals surface area contributed by atoms with Crippen LogP contribution in [-0.2, 0) is 0 Å². The lowest BCUT2D eigenvalue weighted by Crippen LogP contribution is -2.13. The van der Waals surface area contributed by atoms with Gasteiger partial charge < -0.3 is 10.5 Å². The SMILES string of the molecule is COc1ccnc([C@@H](N)C2CC2)c1.Cl. The fraction of sp³-hybridized carbons (Fsp3) is 0.500. The number of methoxy groups -OCH3 is 1. The molecule has 2 N–H and O–H groups in total. The van der Waals surface area contributed by atoms with Gasteiger partial charge in [0.2, 0.25) is 0 Å². The summed E-state index contributed by atoms with van der Waals surface area (Å²) in [6.45, 7) is 0.